The van der Waals surface area contributed by atoms with Crippen molar-refractivity contribution in [3.63, 3.8) is 0 Å². The Balaban J connectivity index is 0.000000437. The SMILES string of the molecule is CC(C)(CO)CO.CCC(CO)(CO)CO.O=C1C=CC(=O)O1.O=C1OC(=O)C2CCCCC12. The van der Waals surface area contributed by atoms with Gasteiger partial charge in [0.2, 0.25) is 0 Å². The summed E-state index contributed by atoms with van der Waals surface area (Å²) < 4.78 is 8.50. The van der Waals surface area contributed by atoms with Crippen molar-refractivity contribution < 1.29 is 54.2 Å². The van der Waals surface area contributed by atoms with Crippen LogP contribution in [-0.4, -0.2) is 82.4 Å². The maximum Gasteiger partial charge on any atom is 0.338 e. The molecule has 2 atom stereocenters. The maximum atomic E-state index is 11.0. The van der Waals surface area contributed by atoms with Crippen LogP contribution in [0.3, 0.4) is 0 Å². The predicted molar refractivity (Wildman–Crippen MR) is 119 cm³/mol. The fourth-order valence-corrected chi connectivity index (χ4v) is 2.78. The van der Waals surface area contributed by atoms with E-state index in [-0.39, 0.29) is 62.2 Å². The van der Waals surface area contributed by atoms with Gasteiger partial charge in [-0.2, -0.15) is 0 Å². The molecule has 1 saturated heterocycles. The smallest absolute Gasteiger partial charge is 0.338 e. The molecule has 1 saturated carbocycles. The van der Waals surface area contributed by atoms with E-state index in [4.69, 9.17) is 25.5 Å². The average Bonchev–Trinajstić information content (AvgIpc) is 3.37. The number of ether oxygens (including phenoxy) is 2. The summed E-state index contributed by atoms with van der Waals surface area (Å²) in [6.45, 7) is 5.04. The second kappa shape index (κ2) is 15.7. The minimum atomic E-state index is -0.667. The largest absolute Gasteiger partial charge is 0.396 e. The van der Waals surface area contributed by atoms with E-state index in [1.54, 1.807) is 13.8 Å². The van der Waals surface area contributed by atoms with Gasteiger partial charge in [-0.05, 0) is 19.3 Å². The topological polar surface area (TPSA) is 188 Å². The summed E-state index contributed by atoms with van der Waals surface area (Å²) in [7, 11) is 0. The fourth-order valence-electron chi connectivity index (χ4n) is 2.78. The quantitative estimate of drug-likeness (QED) is 0.246. The van der Waals surface area contributed by atoms with Crippen LogP contribution >= 0.6 is 0 Å². The average molecular weight is 491 g/mol. The number of aliphatic hydroxyl groups excluding tert-OH is 5. The molecule has 0 spiro atoms. The van der Waals surface area contributed by atoms with E-state index < -0.39 is 17.4 Å². The maximum absolute atomic E-state index is 11.0. The van der Waals surface area contributed by atoms with Crippen LogP contribution in [0.4, 0.5) is 0 Å². The molecule has 0 radical (unpaired) electrons. The zero-order chi connectivity index (χ0) is 26.4. The Hall–Kier alpha value is -2.18. The van der Waals surface area contributed by atoms with E-state index in [1.165, 1.54) is 0 Å². The highest BCUT2D eigenvalue weighted by Crippen LogP contribution is 2.36. The molecule has 0 aromatic carbocycles. The summed E-state index contributed by atoms with van der Waals surface area (Å²) in [5.74, 6) is -1.94. The first-order valence-electron chi connectivity index (χ1n) is 11.2. The van der Waals surface area contributed by atoms with Gasteiger partial charge in [0, 0.05) is 23.0 Å². The second-order valence-electron chi connectivity index (χ2n) is 9.12. The van der Waals surface area contributed by atoms with Crippen LogP contribution in [0.25, 0.3) is 0 Å². The Morgan fingerprint density at radius 1 is 0.735 bits per heavy atom. The van der Waals surface area contributed by atoms with Crippen molar-refractivity contribution in [2.45, 2.75) is 52.9 Å². The summed E-state index contributed by atoms with van der Waals surface area (Å²) in [5.41, 5.74) is -0.972. The van der Waals surface area contributed by atoms with Crippen molar-refractivity contribution in [1.29, 1.82) is 0 Å². The lowest BCUT2D eigenvalue weighted by atomic mass is 9.81. The second-order valence-corrected chi connectivity index (χ2v) is 9.12. The number of rotatable bonds is 6. The molecule has 1 aliphatic carbocycles. The molecule has 0 aromatic rings. The van der Waals surface area contributed by atoms with Gasteiger partial charge >= 0.3 is 23.9 Å². The fraction of sp³-hybridized carbons (Fsp3) is 0.739. The molecule has 0 amide bonds. The zero-order valence-electron chi connectivity index (χ0n) is 20.1. The van der Waals surface area contributed by atoms with Gasteiger partial charge in [-0.1, -0.05) is 33.6 Å². The number of hydrogen-bond donors (Lipinski definition) is 5. The van der Waals surface area contributed by atoms with Crippen molar-refractivity contribution in [3.05, 3.63) is 12.2 Å². The van der Waals surface area contributed by atoms with Crippen molar-refractivity contribution >= 4 is 23.9 Å². The highest BCUT2D eigenvalue weighted by Gasteiger charge is 2.44. The van der Waals surface area contributed by atoms with Gasteiger partial charge in [0.05, 0.1) is 44.9 Å². The van der Waals surface area contributed by atoms with Gasteiger partial charge in [0.1, 0.15) is 0 Å². The molecule has 5 N–H and O–H groups in total. The summed E-state index contributed by atoms with van der Waals surface area (Å²) in [5, 5.41) is 42.8. The molecule has 2 heterocycles. The highest BCUT2D eigenvalue weighted by atomic mass is 16.6. The lowest BCUT2D eigenvalue weighted by Crippen LogP contribution is -2.32. The van der Waals surface area contributed by atoms with E-state index >= 15 is 0 Å². The molecule has 0 bridgehead atoms. The van der Waals surface area contributed by atoms with Crippen molar-refractivity contribution in [2.75, 3.05) is 33.0 Å². The molecule has 3 aliphatic rings. The summed E-state index contributed by atoms with van der Waals surface area (Å²) in [6.07, 6.45) is 6.57. The molecule has 11 nitrogen and oxygen atoms in total. The Bertz CT molecular complexity index is 634. The van der Waals surface area contributed by atoms with Gasteiger partial charge in [0.15, 0.2) is 0 Å². The molecule has 196 valence electrons. The van der Waals surface area contributed by atoms with Gasteiger partial charge in [-0.15, -0.1) is 0 Å². The van der Waals surface area contributed by atoms with E-state index in [9.17, 15) is 19.2 Å². The molecule has 11 heteroatoms. The van der Waals surface area contributed by atoms with E-state index in [2.05, 4.69) is 9.47 Å². The molecule has 2 fully saturated rings. The highest BCUT2D eigenvalue weighted by molar-refractivity contribution is 6.04. The summed E-state index contributed by atoms with van der Waals surface area (Å²) >= 11 is 0. The lowest BCUT2D eigenvalue weighted by molar-refractivity contribution is -0.154. The normalized spacial score (nSPS) is 21.2. The third-order valence-electron chi connectivity index (χ3n) is 5.74. The van der Waals surface area contributed by atoms with Crippen molar-refractivity contribution in [1.82, 2.24) is 0 Å². The Morgan fingerprint density at radius 2 is 1.12 bits per heavy atom. The summed E-state index contributed by atoms with van der Waals surface area (Å²) in [4.78, 5) is 41.8. The van der Waals surface area contributed by atoms with Crippen LogP contribution in [0, 0.1) is 22.7 Å². The first-order valence-corrected chi connectivity index (χ1v) is 11.2. The minimum Gasteiger partial charge on any atom is -0.396 e. The van der Waals surface area contributed by atoms with Gasteiger partial charge < -0.3 is 35.0 Å². The monoisotopic (exact) mass is 490 g/mol. The van der Waals surface area contributed by atoms with E-state index in [1.807, 2.05) is 6.92 Å². The van der Waals surface area contributed by atoms with Crippen LogP contribution in [-0.2, 0) is 28.7 Å². The zero-order valence-corrected chi connectivity index (χ0v) is 20.1. The van der Waals surface area contributed by atoms with Crippen molar-refractivity contribution in [3.8, 4) is 0 Å². The lowest BCUT2D eigenvalue weighted by Gasteiger charge is -2.24. The minimum absolute atomic E-state index is 0.0451. The third-order valence-corrected chi connectivity index (χ3v) is 5.74. The number of fused-ring (bicyclic) bond motifs is 1. The van der Waals surface area contributed by atoms with Crippen LogP contribution in [0.15, 0.2) is 12.2 Å². The first-order chi connectivity index (χ1) is 15.9. The standard InChI is InChI=1S/C8H10O3.C6H14O3.C5H12O2.C4H2O3/c9-7-5-3-1-2-4-6(5)8(10)11-7;1-2-6(3-7,4-8)5-9;1-5(2,3-6)4-7;5-3-1-2-4(6)7-3/h5-6H,1-4H2;7-9H,2-5H2,1H3;6-7H,3-4H2,1-2H3;1-2H. The third kappa shape index (κ3) is 10.8. The number of hydrogen-bond acceptors (Lipinski definition) is 11. The van der Waals surface area contributed by atoms with Crippen molar-refractivity contribution in [2.24, 2.45) is 22.7 Å². The first kappa shape index (κ1) is 31.8. The molecule has 2 unspecified atom stereocenters. The summed E-state index contributed by atoms with van der Waals surface area (Å²) in [6, 6.07) is 0. The number of carbonyl (C=O) groups is 4. The number of aliphatic hydroxyl groups is 5. The Labute approximate surface area is 199 Å². The Kier molecular flexibility index (Phi) is 14.7. The molecule has 2 aliphatic heterocycles. The van der Waals surface area contributed by atoms with Crippen LogP contribution in [0.2, 0.25) is 0 Å². The van der Waals surface area contributed by atoms with Gasteiger partial charge in [-0.3, -0.25) is 9.59 Å². The van der Waals surface area contributed by atoms with Gasteiger partial charge in [0.25, 0.3) is 0 Å². The molecule has 3 rings (SSSR count). The van der Waals surface area contributed by atoms with Crippen LogP contribution < -0.4 is 0 Å². The number of carbonyl (C=O) groups excluding carboxylic acids is 4. The Morgan fingerprint density at radius 3 is 1.29 bits per heavy atom. The number of cyclic esters (lactones) is 4. The molecular weight excluding hydrogens is 452 g/mol. The van der Waals surface area contributed by atoms with E-state index in [0.29, 0.717) is 6.42 Å². The molecule has 34 heavy (non-hydrogen) atoms. The van der Waals surface area contributed by atoms with Gasteiger partial charge in [-0.25, -0.2) is 9.59 Å². The molecule has 0 aromatic heterocycles. The molecular formula is C23H38O11. The van der Waals surface area contributed by atoms with Crippen LogP contribution in [0.5, 0.6) is 0 Å². The van der Waals surface area contributed by atoms with Crippen LogP contribution in [0.1, 0.15) is 52.9 Å². The predicted octanol–water partition coefficient (Wildman–Crippen LogP) is -0.141. The number of esters is 4. The van der Waals surface area contributed by atoms with E-state index in [0.717, 1.165) is 37.8 Å².